The Balaban J connectivity index is 1.58. The number of aromatic nitrogens is 4. The Morgan fingerprint density at radius 1 is 1.16 bits per heavy atom. The lowest BCUT2D eigenvalue weighted by atomic mass is 10.1. The largest absolute Gasteiger partial charge is 0.469 e. The molecular formula is C17H18N5O8P. The van der Waals surface area contributed by atoms with Gasteiger partial charge in [0.05, 0.1) is 12.9 Å². The van der Waals surface area contributed by atoms with Gasteiger partial charge in [-0.1, -0.05) is 18.2 Å². The van der Waals surface area contributed by atoms with Gasteiger partial charge in [-0.3, -0.25) is 13.9 Å². The first-order valence-electron chi connectivity index (χ1n) is 9.00. The second kappa shape index (κ2) is 8.40. The number of hydrogen-bond acceptors (Lipinski definition) is 9. The topological polar surface area (TPSA) is 189 Å². The molecule has 1 fully saturated rings. The lowest BCUT2D eigenvalue weighted by Gasteiger charge is -2.16. The molecule has 1 amide bonds. The Bertz CT molecular complexity index is 1140. The van der Waals surface area contributed by atoms with Crippen molar-refractivity contribution in [1.29, 1.82) is 0 Å². The van der Waals surface area contributed by atoms with Crippen LogP contribution in [-0.2, 0) is 13.8 Å². The molecule has 31 heavy (non-hydrogen) atoms. The average molecular weight is 451 g/mol. The maximum Gasteiger partial charge on any atom is 0.469 e. The van der Waals surface area contributed by atoms with Crippen LogP contribution < -0.4 is 5.32 Å². The minimum atomic E-state index is -4.78. The number of carbonyl (C=O) groups is 1. The maximum atomic E-state index is 12.4. The maximum absolute atomic E-state index is 12.4. The van der Waals surface area contributed by atoms with E-state index in [2.05, 4.69) is 24.8 Å². The number of benzene rings is 1. The summed E-state index contributed by atoms with van der Waals surface area (Å²) in [6, 6.07) is 8.49. The van der Waals surface area contributed by atoms with Gasteiger partial charge in [-0.05, 0) is 12.1 Å². The Morgan fingerprint density at radius 2 is 1.90 bits per heavy atom. The first-order chi connectivity index (χ1) is 14.7. The summed E-state index contributed by atoms with van der Waals surface area (Å²) in [5, 5.41) is 23.2. The van der Waals surface area contributed by atoms with E-state index < -0.39 is 44.9 Å². The molecule has 1 aliphatic rings. The Hall–Kier alpha value is -2.77. The van der Waals surface area contributed by atoms with Crippen molar-refractivity contribution < 1.29 is 38.6 Å². The van der Waals surface area contributed by atoms with Crippen molar-refractivity contribution in [2.45, 2.75) is 24.5 Å². The first-order valence-corrected chi connectivity index (χ1v) is 10.5. The van der Waals surface area contributed by atoms with Crippen LogP contribution in [0.2, 0.25) is 0 Å². The molecule has 5 N–H and O–H groups in total. The highest BCUT2D eigenvalue weighted by atomic mass is 31.2. The second-order valence-electron chi connectivity index (χ2n) is 6.70. The van der Waals surface area contributed by atoms with Crippen molar-refractivity contribution in [1.82, 2.24) is 19.5 Å². The molecule has 0 aliphatic carbocycles. The molecule has 4 rings (SSSR count). The molecular weight excluding hydrogens is 433 g/mol. The number of phosphoric ester groups is 1. The zero-order valence-corrected chi connectivity index (χ0v) is 16.6. The van der Waals surface area contributed by atoms with Gasteiger partial charge in [0, 0.05) is 5.56 Å². The highest BCUT2D eigenvalue weighted by Crippen LogP contribution is 2.38. The normalized spacial score (nSPS) is 23.9. The summed E-state index contributed by atoms with van der Waals surface area (Å²) in [6.07, 6.45) is -2.84. The number of carbonyl (C=O) groups excluding carboxylic acids is 1. The van der Waals surface area contributed by atoms with E-state index in [4.69, 9.17) is 14.5 Å². The van der Waals surface area contributed by atoms with Crippen LogP contribution in [-0.4, -0.2) is 70.3 Å². The summed E-state index contributed by atoms with van der Waals surface area (Å²) in [7, 11) is -4.78. The zero-order valence-electron chi connectivity index (χ0n) is 15.7. The van der Waals surface area contributed by atoms with E-state index in [1.807, 2.05) is 0 Å². The smallest absolute Gasteiger partial charge is 0.387 e. The molecule has 1 aromatic carbocycles. The van der Waals surface area contributed by atoms with Crippen molar-refractivity contribution in [2.75, 3.05) is 11.9 Å². The number of fused-ring (bicyclic) bond motifs is 1. The predicted octanol–water partition coefficient (Wildman–Crippen LogP) is -0.193. The molecule has 14 heteroatoms. The van der Waals surface area contributed by atoms with E-state index in [1.165, 1.54) is 17.2 Å². The average Bonchev–Trinajstić information content (AvgIpc) is 3.29. The third-order valence-corrected chi connectivity index (χ3v) is 5.13. The summed E-state index contributed by atoms with van der Waals surface area (Å²) in [5.74, 6) is -0.274. The van der Waals surface area contributed by atoms with Crippen LogP contribution in [0.15, 0.2) is 43.0 Å². The third kappa shape index (κ3) is 4.48. The SMILES string of the molecule is O=C(Nc1ncnc2c1ncn2[C@@H]1O[C@H](COP(=O)(O)O)[C@@H](O)[C@H]1O)c1ccccc1. The summed E-state index contributed by atoms with van der Waals surface area (Å²) >= 11 is 0. The lowest BCUT2D eigenvalue weighted by molar-refractivity contribution is -0.0504. The third-order valence-electron chi connectivity index (χ3n) is 4.65. The van der Waals surface area contributed by atoms with E-state index in [0.29, 0.717) is 5.56 Å². The molecule has 2 aromatic heterocycles. The molecule has 13 nitrogen and oxygen atoms in total. The minimum Gasteiger partial charge on any atom is -0.387 e. The van der Waals surface area contributed by atoms with Crippen LogP contribution in [0.3, 0.4) is 0 Å². The zero-order chi connectivity index (χ0) is 22.2. The van der Waals surface area contributed by atoms with E-state index in [9.17, 15) is 19.6 Å². The van der Waals surface area contributed by atoms with E-state index in [1.54, 1.807) is 30.3 Å². The van der Waals surface area contributed by atoms with Gasteiger partial charge in [-0.25, -0.2) is 19.5 Å². The van der Waals surface area contributed by atoms with E-state index in [0.717, 1.165) is 0 Å². The van der Waals surface area contributed by atoms with E-state index in [-0.39, 0.29) is 17.0 Å². The predicted molar refractivity (Wildman–Crippen MR) is 104 cm³/mol. The lowest BCUT2D eigenvalue weighted by Crippen LogP contribution is -2.33. The van der Waals surface area contributed by atoms with Gasteiger partial charge < -0.3 is 30.1 Å². The van der Waals surface area contributed by atoms with Crippen LogP contribution in [0.25, 0.3) is 11.2 Å². The molecule has 4 atom stereocenters. The number of aliphatic hydroxyl groups excluding tert-OH is 2. The highest BCUT2D eigenvalue weighted by molar-refractivity contribution is 7.46. The number of aliphatic hydroxyl groups is 2. The number of nitrogens with zero attached hydrogens (tertiary/aromatic N) is 4. The van der Waals surface area contributed by atoms with Gasteiger partial charge in [-0.15, -0.1) is 0 Å². The number of nitrogens with one attached hydrogen (secondary N) is 1. The summed E-state index contributed by atoms with van der Waals surface area (Å²) in [6.45, 7) is -0.640. The number of hydrogen-bond donors (Lipinski definition) is 5. The Morgan fingerprint density at radius 3 is 2.61 bits per heavy atom. The summed E-state index contributed by atoms with van der Waals surface area (Å²) in [5.41, 5.74) is 0.831. The number of ether oxygens (including phenoxy) is 1. The van der Waals surface area contributed by atoms with Crippen molar-refractivity contribution in [3.63, 3.8) is 0 Å². The van der Waals surface area contributed by atoms with Gasteiger partial charge in [-0.2, -0.15) is 0 Å². The van der Waals surface area contributed by atoms with Crippen LogP contribution >= 0.6 is 7.82 Å². The first kappa shape index (κ1) is 21.5. The quantitative estimate of drug-likeness (QED) is 0.312. The molecule has 1 aliphatic heterocycles. The molecule has 164 valence electrons. The van der Waals surface area contributed by atoms with Crippen LogP contribution in [0.4, 0.5) is 5.82 Å². The molecule has 0 spiro atoms. The van der Waals surface area contributed by atoms with Crippen LogP contribution in [0.5, 0.6) is 0 Å². The Kier molecular flexibility index (Phi) is 5.81. The van der Waals surface area contributed by atoms with Gasteiger partial charge in [0.1, 0.15) is 24.6 Å². The van der Waals surface area contributed by atoms with E-state index >= 15 is 0 Å². The molecule has 0 unspecified atom stereocenters. The molecule has 0 bridgehead atoms. The fourth-order valence-electron chi connectivity index (χ4n) is 3.17. The van der Waals surface area contributed by atoms with Gasteiger partial charge >= 0.3 is 7.82 Å². The number of phosphoric acid groups is 1. The Labute approximate surface area is 174 Å². The molecule has 0 saturated carbocycles. The van der Waals surface area contributed by atoms with Crippen molar-refractivity contribution >= 4 is 30.7 Å². The summed E-state index contributed by atoms with van der Waals surface area (Å²) in [4.78, 5) is 42.4. The number of rotatable bonds is 6. The van der Waals surface area contributed by atoms with Crippen molar-refractivity contribution in [3.05, 3.63) is 48.5 Å². The molecule has 3 heterocycles. The van der Waals surface area contributed by atoms with Crippen LogP contribution in [0.1, 0.15) is 16.6 Å². The van der Waals surface area contributed by atoms with Gasteiger partial charge in [0.15, 0.2) is 23.2 Å². The molecule has 3 aromatic rings. The van der Waals surface area contributed by atoms with Crippen LogP contribution in [0, 0.1) is 0 Å². The number of imidazole rings is 1. The monoisotopic (exact) mass is 451 g/mol. The van der Waals surface area contributed by atoms with Gasteiger partial charge in [0.25, 0.3) is 5.91 Å². The van der Waals surface area contributed by atoms with Crippen molar-refractivity contribution in [2.24, 2.45) is 0 Å². The molecule has 1 saturated heterocycles. The second-order valence-corrected chi connectivity index (χ2v) is 7.94. The number of anilines is 1. The highest BCUT2D eigenvalue weighted by Gasteiger charge is 2.45. The van der Waals surface area contributed by atoms with Gasteiger partial charge in [0.2, 0.25) is 0 Å². The number of amides is 1. The molecule has 0 radical (unpaired) electrons. The fourth-order valence-corrected chi connectivity index (χ4v) is 3.51. The fraction of sp³-hybridized carbons (Fsp3) is 0.294. The van der Waals surface area contributed by atoms with Crippen molar-refractivity contribution in [3.8, 4) is 0 Å². The standard InChI is InChI=1S/C17H18N5O8P/c23-12-10(6-29-31(26,27)28)30-17(13(12)24)22-8-20-11-14(18-7-19-15(11)22)21-16(25)9-4-2-1-3-5-9/h1-5,7-8,10,12-13,17,23-24H,6H2,(H2,26,27,28)(H,18,19,21,25)/t10-,12-,13-,17-/m1/s1. The minimum absolute atomic E-state index is 0.132. The summed E-state index contributed by atoms with van der Waals surface area (Å²) < 4.78 is 22.1.